The van der Waals surface area contributed by atoms with Gasteiger partial charge in [-0.3, -0.25) is 9.59 Å². The molecule has 3 N–H and O–H groups in total. The molecule has 2 aliphatic rings. The Morgan fingerprint density at radius 2 is 1.66 bits per heavy atom. The minimum Gasteiger partial charge on any atom is -0.481 e. The number of carbonyl (C=O) groups is 3. The second-order valence-corrected chi connectivity index (χ2v) is 9.20. The molecule has 0 heterocycles. The van der Waals surface area contributed by atoms with E-state index in [0.717, 1.165) is 30.4 Å². The molecule has 1 saturated carbocycles. The van der Waals surface area contributed by atoms with Crippen LogP contribution in [0.3, 0.4) is 0 Å². The molecule has 8 heteroatoms. The quantitative estimate of drug-likeness (QED) is 0.479. The molecule has 1 unspecified atom stereocenters. The Balaban J connectivity index is 1.26. The van der Waals surface area contributed by atoms with Gasteiger partial charge in [0.05, 0.1) is 12.5 Å². The van der Waals surface area contributed by atoms with Crippen LogP contribution in [-0.2, 0) is 19.1 Å². The first-order valence-electron chi connectivity index (χ1n) is 12.1. The maximum atomic E-state index is 12.7. The lowest BCUT2D eigenvalue weighted by atomic mass is 9.95. The number of ether oxygens (including phenoxy) is 2. The van der Waals surface area contributed by atoms with Crippen LogP contribution in [0.4, 0.5) is 4.79 Å². The summed E-state index contributed by atoms with van der Waals surface area (Å²) >= 11 is 0. The van der Waals surface area contributed by atoms with Crippen molar-refractivity contribution < 1.29 is 29.0 Å². The number of rotatable bonds is 10. The molecule has 2 aromatic rings. The number of hydrogen-bond acceptors (Lipinski definition) is 5. The standard InChI is InChI=1S/C27H32N2O6/c1-34-18(13-25(30)31)15-28-26(32)19-12-6-7-17(19)14-29-27(33)35-16-24-22-10-4-2-8-20(22)21-9-3-5-11-23(21)24/h2-5,8-11,17-19,24H,6-7,12-16H2,1H3,(H,28,32)(H,29,33)(H,30,31)/t17-,18?,19-/m1/s1. The van der Waals surface area contributed by atoms with Gasteiger partial charge in [0.1, 0.15) is 6.61 Å². The number of carbonyl (C=O) groups excluding carboxylic acids is 2. The van der Waals surface area contributed by atoms with Gasteiger partial charge in [0.15, 0.2) is 0 Å². The minimum atomic E-state index is -0.975. The summed E-state index contributed by atoms with van der Waals surface area (Å²) in [6, 6.07) is 16.4. The molecule has 0 bridgehead atoms. The molecule has 35 heavy (non-hydrogen) atoms. The largest absolute Gasteiger partial charge is 0.481 e. The molecule has 0 saturated heterocycles. The number of hydrogen-bond donors (Lipinski definition) is 3. The summed E-state index contributed by atoms with van der Waals surface area (Å²) in [5, 5.41) is 14.6. The Kier molecular flexibility index (Phi) is 8.02. The maximum absolute atomic E-state index is 12.7. The summed E-state index contributed by atoms with van der Waals surface area (Å²) in [7, 11) is 1.43. The van der Waals surface area contributed by atoms with Crippen molar-refractivity contribution in [2.45, 2.75) is 37.7 Å². The molecular formula is C27H32N2O6. The van der Waals surface area contributed by atoms with Crippen molar-refractivity contribution in [3.05, 3.63) is 59.7 Å². The SMILES string of the molecule is COC(CNC(=O)[C@@H]1CCC[C@@H]1CNC(=O)OCC1c2ccccc2-c2ccccc21)CC(=O)O. The molecule has 0 aromatic heterocycles. The number of carboxylic acid groups (broad SMARTS) is 1. The Bertz CT molecular complexity index is 1030. The Labute approximate surface area is 205 Å². The highest BCUT2D eigenvalue weighted by molar-refractivity contribution is 5.80. The zero-order valence-corrected chi connectivity index (χ0v) is 19.9. The fraction of sp³-hybridized carbons (Fsp3) is 0.444. The summed E-state index contributed by atoms with van der Waals surface area (Å²) in [5.74, 6) is -1.33. The number of nitrogens with one attached hydrogen (secondary N) is 2. The summed E-state index contributed by atoms with van der Waals surface area (Å²) < 4.78 is 10.7. The van der Waals surface area contributed by atoms with Crippen LogP contribution < -0.4 is 10.6 Å². The molecular weight excluding hydrogens is 448 g/mol. The predicted molar refractivity (Wildman–Crippen MR) is 130 cm³/mol. The van der Waals surface area contributed by atoms with Crippen LogP contribution in [-0.4, -0.2) is 56.0 Å². The fourth-order valence-corrected chi connectivity index (χ4v) is 5.27. The van der Waals surface area contributed by atoms with E-state index in [-0.39, 0.29) is 43.2 Å². The van der Waals surface area contributed by atoms with E-state index in [4.69, 9.17) is 14.6 Å². The first-order valence-corrected chi connectivity index (χ1v) is 12.1. The zero-order chi connectivity index (χ0) is 24.8. The van der Waals surface area contributed by atoms with E-state index >= 15 is 0 Å². The van der Waals surface area contributed by atoms with Gasteiger partial charge in [-0.1, -0.05) is 55.0 Å². The third-order valence-electron chi connectivity index (χ3n) is 7.09. The number of alkyl carbamates (subject to hydrolysis) is 1. The highest BCUT2D eigenvalue weighted by Gasteiger charge is 2.34. The average molecular weight is 481 g/mol. The molecule has 3 atom stereocenters. The number of fused-ring (bicyclic) bond motifs is 3. The summed E-state index contributed by atoms with van der Waals surface area (Å²) in [4.78, 5) is 36.1. The molecule has 0 radical (unpaired) electrons. The second-order valence-electron chi connectivity index (χ2n) is 9.20. The molecule has 4 rings (SSSR count). The first-order chi connectivity index (χ1) is 17.0. The minimum absolute atomic E-state index is 0.00214. The lowest BCUT2D eigenvalue weighted by Crippen LogP contribution is -2.41. The van der Waals surface area contributed by atoms with Crippen molar-refractivity contribution in [2.24, 2.45) is 11.8 Å². The van der Waals surface area contributed by atoms with Gasteiger partial charge in [-0.15, -0.1) is 0 Å². The Morgan fingerprint density at radius 1 is 1.00 bits per heavy atom. The van der Waals surface area contributed by atoms with Crippen LogP contribution in [0.2, 0.25) is 0 Å². The lowest BCUT2D eigenvalue weighted by molar-refractivity contribution is -0.140. The van der Waals surface area contributed by atoms with Gasteiger partial charge in [-0.05, 0) is 41.0 Å². The van der Waals surface area contributed by atoms with Crippen LogP contribution in [0.15, 0.2) is 48.5 Å². The van der Waals surface area contributed by atoms with Crippen molar-refractivity contribution in [1.29, 1.82) is 0 Å². The topological polar surface area (TPSA) is 114 Å². The highest BCUT2D eigenvalue weighted by Crippen LogP contribution is 2.44. The molecule has 2 aliphatic carbocycles. The second kappa shape index (κ2) is 11.4. The summed E-state index contributed by atoms with van der Waals surface area (Å²) in [6.07, 6.45) is 1.24. The van der Waals surface area contributed by atoms with Gasteiger partial charge < -0.3 is 25.2 Å². The average Bonchev–Trinajstić information content (AvgIpc) is 3.46. The van der Waals surface area contributed by atoms with Crippen molar-refractivity contribution in [3.63, 3.8) is 0 Å². The predicted octanol–water partition coefficient (Wildman–Crippen LogP) is 3.55. The number of methoxy groups -OCH3 is 1. The molecule has 0 spiro atoms. The highest BCUT2D eigenvalue weighted by atomic mass is 16.5. The van der Waals surface area contributed by atoms with Crippen LogP contribution in [0, 0.1) is 11.8 Å². The van der Waals surface area contributed by atoms with E-state index in [0.29, 0.717) is 6.54 Å². The number of aliphatic carboxylic acids is 1. The monoisotopic (exact) mass is 480 g/mol. The number of carboxylic acids is 1. The van der Waals surface area contributed by atoms with Crippen molar-refractivity contribution in [1.82, 2.24) is 10.6 Å². The third-order valence-corrected chi connectivity index (χ3v) is 7.09. The van der Waals surface area contributed by atoms with Gasteiger partial charge in [0.25, 0.3) is 0 Å². The molecule has 1 fully saturated rings. The van der Waals surface area contributed by atoms with E-state index < -0.39 is 18.2 Å². The van der Waals surface area contributed by atoms with Gasteiger partial charge in [0.2, 0.25) is 5.91 Å². The fourth-order valence-electron chi connectivity index (χ4n) is 5.27. The van der Waals surface area contributed by atoms with Crippen molar-refractivity contribution in [2.75, 3.05) is 26.8 Å². The molecule has 186 valence electrons. The molecule has 2 aromatic carbocycles. The Morgan fingerprint density at radius 3 is 2.29 bits per heavy atom. The first kappa shape index (κ1) is 24.7. The Hall–Kier alpha value is -3.39. The van der Waals surface area contributed by atoms with Gasteiger partial charge in [-0.25, -0.2) is 4.79 Å². The summed E-state index contributed by atoms with van der Waals surface area (Å²) in [6.45, 7) is 0.749. The zero-order valence-electron chi connectivity index (χ0n) is 19.9. The number of benzene rings is 2. The van der Waals surface area contributed by atoms with E-state index in [9.17, 15) is 14.4 Å². The van der Waals surface area contributed by atoms with Crippen LogP contribution in [0.25, 0.3) is 11.1 Å². The molecule has 0 aliphatic heterocycles. The normalized spacial score (nSPS) is 19.5. The molecule has 8 nitrogen and oxygen atoms in total. The van der Waals surface area contributed by atoms with E-state index in [1.165, 1.54) is 18.2 Å². The summed E-state index contributed by atoms with van der Waals surface area (Å²) in [5.41, 5.74) is 4.67. The number of amides is 2. The van der Waals surface area contributed by atoms with Crippen LogP contribution in [0.1, 0.15) is 42.7 Å². The van der Waals surface area contributed by atoms with Gasteiger partial charge in [-0.2, -0.15) is 0 Å². The van der Waals surface area contributed by atoms with Crippen molar-refractivity contribution in [3.8, 4) is 11.1 Å². The van der Waals surface area contributed by atoms with Crippen LogP contribution in [0.5, 0.6) is 0 Å². The smallest absolute Gasteiger partial charge is 0.407 e. The van der Waals surface area contributed by atoms with Gasteiger partial charge in [0, 0.05) is 32.0 Å². The van der Waals surface area contributed by atoms with E-state index in [2.05, 4.69) is 34.9 Å². The third kappa shape index (κ3) is 5.82. The lowest BCUT2D eigenvalue weighted by Gasteiger charge is -2.21. The maximum Gasteiger partial charge on any atom is 0.407 e. The molecule has 2 amide bonds. The van der Waals surface area contributed by atoms with Crippen molar-refractivity contribution >= 4 is 18.0 Å². The van der Waals surface area contributed by atoms with E-state index in [1.54, 1.807) is 0 Å². The van der Waals surface area contributed by atoms with Crippen LogP contribution >= 0.6 is 0 Å². The van der Waals surface area contributed by atoms with E-state index in [1.807, 2.05) is 24.3 Å². The van der Waals surface area contributed by atoms with Gasteiger partial charge >= 0.3 is 12.1 Å².